The van der Waals surface area contributed by atoms with Crippen LogP contribution in [0.3, 0.4) is 0 Å². The van der Waals surface area contributed by atoms with Crippen LogP contribution in [0.5, 0.6) is 0 Å². The van der Waals surface area contributed by atoms with Crippen molar-refractivity contribution < 1.29 is 8.42 Å². The summed E-state index contributed by atoms with van der Waals surface area (Å²) in [5.74, 6) is 0. The summed E-state index contributed by atoms with van der Waals surface area (Å²) in [6.07, 6.45) is 4.43. The van der Waals surface area contributed by atoms with Crippen molar-refractivity contribution >= 4 is 26.5 Å². The highest BCUT2D eigenvalue weighted by Gasteiger charge is 2.12. The quantitative estimate of drug-likeness (QED) is 0.854. The molecular weight excluding hydrogens is 260 g/mol. The summed E-state index contributed by atoms with van der Waals surface area (Å²) in [6.45, 7) is 0.353. The first-order valence-electron chi connectivity index (χ1n) is 5.07. The number of hydrogen-bond donors (Lipinski definition) is 1. The van der Waals surface area contributed by atoms with Gasteiger partial charge in [0.2, 0.25) is 0 Å². The van der Waals surface area contributed by atoms with Gasteiger partial charge in [-0.2, -0.15) is 12.7 Å². The second kappa shape index (κ2) is 4.73. The second-order valence-electron chi connectivity index (χ2n) is 3.76. The fourth-order valence-corrected chi connectivity index (χ4v) is 2.67. The summed E-state index contributed by atoms with van der Waals surface area (Å²) < 4.78 is 28.4. The minimum atomic E-state index is -3.33. The summed E-state index contributed by atoms with van der Waals surface area (Å²) >= 11 is 1.56. The third-order valence-corrected chi connectivity index (χ3v) is 4.59. The topological polar surface area (TPSA) is 66.7 Å². The van der Waals surface area contributed by atoms with Crippen molar-refractivity contribution in [3.63, 3.8) is 0 Å². The van der Waals surface area contributed by atoms with E-state index in [1.165, 1.54) is 14.1 Å². The van der Waals surface area contributed by atoms with Gasteiger partial charge in [0, 0.05) is 44.8 Å². The highest BCUT2D eigenvalue weighted by Crippen LogP contribution is 2.11. The number of hydrogen-bond acceptors (Lipinski definition) is 4. The zero-order valence-electron chi connectivity index (χ0n) is 9.62. The van der Waals surface area contributed by atoms with Crippen molar-refractivity contribution in [2.24, 2.45) is 0 Å². The maximum atomic E-state index is 11.4. The number of rotatable bonds is 5. The molecule has 0 unspecified atom stereocenters. The molecule has 1 N–H and O–H groups in total. The fourth-order valence-electron chi connectivity index (χ4n) is 1.33. The van der Waals surface area contributed by atoms with Crippen LogP contribution >= 0.6 is 11.3 Å². The monoisotopic (exact) mass is 274 g/mol. The van der Waals surface area contributed by atoms with Crippen molar-refractivity contribution in [1.82, 2.24) is 18.4 Å². The maximum Gasteiger partial charge on any atom is 0.278 e. The van der Waals surface area contributed by atoms with Crippen LogP contribution in [0, 0.1) is 0 Å². The molecule has 0 saturated carbocycles. The minimum absolute atomic E-state index is 0.353. The number of nitrogens with zero attached hydrogens (tertiary/aromatic N) is 3. The summed E-state index contributed by atoms with van der Waals surface area (Å²) in [4.78, 5) is 5.30. The second-order valence-corrected chi connectivity index (χ2v) is 6.60. The number of nitrogens with one attached hydrogen (secondary N) is 1. The molecule has 2 aromatic rings. The van der Waals surface area contributed by atoms with E-state index in [2.05, 4.69) is 9.71 Å². The number of imidazole rings is 1. The molecule has 2 rings (SSSR count). The zero-order valence-corrected chi connectivity index (χ0v) is 11.3. The molecule has 0 aliphatic carbocycles. The van der Waals surface area contributed by atoms with E-state index < -0.39 is 10.2 Å². The van der Waals surface area contributed by atoms with Gasteiger partial charge in [0.25, 0.3) is 10.2 Å². The Labute approximate surface area is 104 Å². The Hall–Kier alpha value is -0.960. The number of fused-ring (bicyclic) bond motifs is 1. The smallest absolute Gasteiger partial charge is 0.278 e. The first-order chi connectivity index (χ1) is 7.99. The molecule has 0 aliphatic rings. The molecule has 0 radical (unpaired) electrons. The number of aromatic nitrogens is 2. The fraction of sp³-hybridized carbons (Fsp3) is 0.444. The van der Waals surface area contributed by atoms with Crippen LogP contribution in [0.2, 0.25) is 0 Å². The van der Waals surface area contributed by atoms with Gasteiger partial charge < -0.3 is 0 Å². The van der Waals surface area contributed by atoms with Crippen LogP contribution in [0.1, 0.15) is 5.69 Å². The van der Waals surface area contributed by atoms with Crippen LogP contribution in [0.4, 0.5) is 0 Å². The highest BCUT2D eigenvalue weighted by atomic mass is 32.2. The molecule has 0 spiro atoms. The normalized spacial score (nSPS) is 12.6. The molecule has 17 heavy (non-hydrogen) atoms. The van der Waals surface area contributed by atoms with Gasteiger partial charge in [-0.25, -0.2) is 9.71 Å². The molecule has 0 atom stereocenters. The van der Waals surface area contributed by atoms with E-state index in [1.54, 1.807) is 11.3 Å². The first kappa shape index (κ1) is 12.5. The van der Waals surface area contributed by atoms with E-state index in [9.17, 15) is 8.42 Å². The van der Waals surface area contributed by atoms with E-state index in [1.807, 2.05) is 22.2 Å². The van der Waals surface area contributed by atoms with Crippen molar-refractivity contribution in [2.75, 3.05) is 20.6 Å². The van der Waals surface area contributed by atoms with Gasteiger partial charge in [-0.3, -0.25) is 4.40 Å². The van der Waals surface area contributed by atoms with Crippen molar-refractivity contribution in [1.29, 1.82) is 0 Å². The van der Waals surface area contributed by atoms with E-state index in [-0.39, 0.29) is 0 Å². The van der Waals surface area contributed by atoms with Crippen LogP contribution in [0.25, 0.3) is 4.96 Å². The third-order valence-electron chi connectivity index (χ3n) is 2.29. The summed E-state index contributed by atoms with van der Waals surface area (Å²) in [6, 6.07) is 0. The van der Waals surface area contributed by atoms with Crippen LogP contribution in [-0.2, 0) is 16.6 Å². The molecule has 0 bridgehead atoms. The Bertz CT molecular complexity index is 571. The Kier molecular flexibility index (Phi) is 3.48. The molecule has 6 nitrogen and oxygen atoms in total. The Morgan fingerprint density at radius 1 is 1.53 bits per heavy atom. The molecule has 0 saturated heterocycles. The van der Waals surface area contributed by atoms with E-state index in [4.69, 9.17) is 0 Å². The van der Waals surface area contributed by atoms with Gasteiger partial charge in [-0.15, -0.1) is 11.3 Å². The van der Waals surface area contributed by atoms with Crippen molar-refractivity contribution in [3.8, 4) is 0 Å². The van der Waals surface area contributed by atoms with Crippen LogP contribution in [-0.4, -0.2) is 42.7 Å². The maximum absolute atomic E-state index is 11.4. The standard InChI is InChI=1S/C9H14N4O2S2/c1-12(2)17(14,15)10-4-3-8-7-13-5-6-16-9(13)11-8/h5-7,10H,3-4H2,1-2H3. The molecule has 0 amide bonds. The van der Waals surface area contributed by atoms with Crippen LogP contribution in [0.15, 0.2) is 17.8 Å². The number of thiazole rings is 1. The minimum Gasteiger partial charge on any atom is -0.297 e. The first-order valence-corrected chi connectivity index (χ1v) is 7.39. The summed E-state index contributed by atoms with van der Waals surface area (Å²) in [5.41, 5.74) is 0.887. The average molecular weight is 274 g/mol. The Morgan fingerprint density at radius 2 is 2.29 bits per heavy atom. The summed E-state index contributed by atoms with van der Waals surface area (Å²) in [7, 11) is -0.344. The molecule has 0 aliphatic heterocycles. The van der Waals surface area contributed by atoms with Gasteiger partial charge in [-0.05, 0) is 0 Å². The van der Waals surface area contributed by atoms with Gasteiger partial charge >= 0.3 is 0 Å². The highest BCUT2D eigenvalue weighted by molar-refractivity contribution is 7.87. The predicted octanol–water partition coefficient (Wildman–Crippen LogP) is 0.334. The molecular formula is C9H14N4O2S2. The SMILES string of the molecule is CN(C)S(=O)(=O)NCCc1cn2ccsc2n1. The van der Waals surface area contributed by atoms with E-state index in [0.29, 0.717) is 13.0 Å². The third kappa shape index (κ3) is 2.83. The largest absolute Gasteiger partial charge is 0.297 e. The van der Waals surface area contributed by atoms with Crippen molar-refractivity contribution in [2.45, 2.75) is 6.42 Å². The molecule has 0 fully saturated rings. The lowest BCUT2D eigenvalue weighted by atomic mass is 10.3. The summed E-state index contributed by atoms with van der Waals surface area (Å²) in [5, 5.41) is 1.96. The van der Waals surface area contributed by atoms with Gasteiger partial charge in [0.1, 0.15) is 0 Å². The van der Waals surface area contributed by atoms with E-state index >= 15 is 0 Å². The van der Waals surface area contributed by atoms with Crippen LogP contribution < -0.4 is 4.72 Å². The van der Waals surface area contributed by atoms with E-state index in [0.717, 1.165) is 15.0 Å². The predicted molar refractivity (Wildman–Crippen MR) is 67.4 cm³/mol. The van der Waals surface area contributed by atoms with Gasteiger partial charge in [-0.1, -0.05) is 0 Å². The molecule has 0 aromatic carbocycles. The zero-order chi connectivity index (χ0) is 12.5. The molecule has 2 aromatic heterocycles. The lowest BCUT2D eigenvalue weighted by molar-refractivity contribution is 0.505. The average Bonchev–Trinajstić information content (AvgIpc) is 2.76. The van der Waals surface area contributed by atoms with Gasteiger partial charge in [0.15, 0.2) is 4.96 Å². The molecule has 8 heteroatoms. The van der Waals surface area contributed by atoms with Gasteiger partial charge in [0.05, 0.1) is 5.69 Å². The molecule has 2 heterocycles. The Morgan fingerprint density at radius 3 is 2.94 bits per heavy atom. The Balaban J connectivity index is 1.93. The molecule has 94 valence electrons. The lowest BCUT2D eigenvalue weighted by Gasteiger charge is -2.11. The lowest BCUT2D eigenvalue weighted by Crippen LogP contribution is -2.36. The van der Waals surface area contributed by atoms with Crippen molar-refractivity contribution in [3.05, 3.63) is 23.5 Å².